The first kappa shape index (κ1) is 43.6. The topological polar surface area (TPSA) is 104 Å². The molecule has 9 heteroatoms. The summed E-state index contributed by atoms with van der Waals surface area (Å²) in [5.74, 6) is 0.370. The molecule has 0 amide bonds. The van der Waals surface area contributed by atoms with Crippen molar-refractivity contribution < 1.29 is 45.0 Å². The molecule has 0 aromatic heterocycles. The van der Waals surface area contributed by atoms with Crippen molar-refractivity contribution in [3.05, 3.63) is 136 Å². The van der Waals surface area contributed by atoms with E-state index in [9.17, 15) is 8.42 Å². The summed E-state index contributed by atoms with van der Waals surface area (Å²) in [6.45, 7) is 16.2. The SMILES string of the molecule is Cc1ccc(COCCN[C@@H](c2ccccc2)[C@@H](NS(=O)(=O)c2c(C(C)C)cc(C(C)C)cc2C(C)C)c2ccccc2)cc1.[Cl-].[NH4+].[Ru]. The second-order valence-electron chi connectivity index (χ2n) is 12.9. The number of aryl methyl sites for hydroxylation is 1. The van der Waals surface area contributed by atoms with Gasteiger partial charge in [0.2, 0.25) is 10.0 Å². The molecule has 0 unspecified atom stereocenters. The fourth-order valence-electron chi connectivity index (χ4n) is 5.66. The maximum absolute atomic E-state index is 14.7. The Labute approximate surface area is 308 Å². The van der Waals surface area contributed by atoms with Crippen molar-refractivity contribution in [1.29, 1.82) is 0 Å². The molecule has 0 aliphatic carbocycles. The molecule has 0 spiro atoms. The fraction of sp³-hybridized carbons (Fsp3) is 0.385. The minimum atomic E-state index is -3.95. The van der Waals surface area contributed by atoms with E-state index in [1.54, 1.807) is 0 Å². The number of hydrogen-bond donors (Lipinski definition) is 3. The van der Waals surface area contributed by atoms with Crippen LogP contribution in [0.15, 0.2) is 102 Å². The number of halogens is 1. The maximum Gasteiger partial charge on any atom is 0.241 e. The Morgan fingerprint density at radius 1 is 0.667 bits per heavy atom. The second kappa shape index (κ2) is 20.3. The Bertz CT molecular complexity index is 1590. The minimum absolute atomic E-state index is 0. The molecule has 0 fully saturated rings. The maximum atomic E-state index is 14.7. The standard InChI is InChI=1S/C39H50N2O3S.ClH.H3N.Ru/c1-27(2)34-24-35(28(3)4)39(36(25-34)29(5)6)45(42,43)41-38(33-16-12-9-13-17-33)37(32-14-10-8-11-15-32)40-22-23-44-26-31-20-18-30(7)19-21-31;;;/h8-21,24-25,27-29,37-38,40-41H,22-23,26H2,1-7H3;1H;1H3;/t37-,38-;;;/m0.../s1. The Morgan fingerprint density at radius 3 is 1.60 bits per heavy atom. The van der Waals surface area contributed by atoms with Gasteiger partial charge in [-0.15, -0.1) is 0 Å². The summed E-state index contributed by atoms with van der Waals surface area (Å²) in [5, 5.41) is 3.65. The zero-order chi connectivity index (χ0) is 32.6. The largest absolute Gasteiger partial charge is 1.00 e. The quantitative estimate of drug-likeness (QED) is 0.0973. The predicted molar refractivity (Wildman–Crippen MR) is 192 cm³/mol. The number of benzene rings is 4. The number of quaternary nitrogens is 1. The van der Waals surface area contributed by atoms with Gasteiger partial charge in [-0.25, -0.2) is 13.1 Å². The third-order valence-electron chi connectivity index (χ3n) is 8.28. The van der Waals surface area contributed by atoms with Crippen LogP contribution in [0.25, 0.3) is 0 Å². The van der Waals surface area contributed by atoms with Crippen molar-refractivity contribution in [2.24, 2.45) is 0 Å². The van der Waals surface area contributed by atoms with Crippen LogP contribution < -0.4 is 28.6 Å². The molecule has 48 heavy (non-hydrogen) atoms. The Morgan fingerprint density at radius 2 is 1.15 bits per heavy atom. The average Bonchev–Trinajstić information content (AvgIpc) is 3.02. The summed E-state index contributed by atoms with van der Waals surface area (Å²) in [6.07, 6.45) is 0. The molecule has 0 aliphatic heterocycles. The zero-order valence-corrected chi connectivity index (χ0v) is 32.9. The van der Waals surface area contributed by atoms with Crippen molar-refractivity contribution in [1.82, 2.24) is 16.2 Å². The van der Waals surface area contributed by atoms with Crippen molar-refractivity contribution >= 4 is 10.0 Å². The average molecular weight is 781 g/mol. The van der Waals surface area contributed by atoms with Crippen LogP contribution in [0, 0.1) is 6.92 Å². The van der Waals surface area contributed by atoms with Gasteiger partial charge in [-0.1, -0.05) is 144 Å². The predicted octanol–water partition coefficient (Wildman–Crippen LogP) is 6.31. The molecule has 4 aromatic rings. The monoisotopic (exact) mass is 781 g/mol. The van der Waals surface area contributed by atoms with Gasteiger partial charge in [0.1, 0.15) is 0 Å². The molecular weight excluding hydrogens is 727 g/mol. The summed E-state index contributed by atoms with van der Waals surface area (Å²) in [7, 11) is -3.95. The molecule has 0 aliphatic rings. The zero-order valence-electron chi connectivity index (χ0n) is 29.6. The first-order valence-corrected chi connectivity index (χ1v) is 17.6. The van der Waals surface area contributed by atoms with Crippen molar-refractivity contribution in [2.45, 2.75) is 89.8 Å². The van der Waals surface area contributed by atoms with E-state index >= 15 is 0 Å². The second-order valence-corrected chi connectivity index (χ2v) is 14.5. The molecule has 4 rings (SSSR count). The van der Waals surface area contributed by atoms with Crippen LogP contribution in [0.4, 0.5) is 0 Å². The number of ether oxygens (including phenoxy) is 1. The number of hydrogen-bond acceptors (Lipinski definition) is 4. The van der Waals surface area contributed by atoms with Gasteiger partial charge in [0, 0.05) is 26.0 Å². The smallest absolute Gasteiger partial charge is 0.241 e. The summed E-state index contributed by atoms with van der Waals surface area (Å²) >= 11 is 0. The summed E-state index contributed by atoms with van der Waals surface area (Å²) < 4.78 is 38.6. The molecule has 2 atom stereocenters. The van der Waals surface area contributed by atoms with Crippen LogP contribution in [-0.2, 0) is 40.8 Å². The molecule has 0 heterocycles. The van der Waals surface area contributed by atoms with Crippen LogP contribution in [0.1, 0.15) is 110 Å². The van der Waals surface area contributed by atoms with E-state index in [1.165, 1.54) is 5.56 Å². The van der Waals surface area contributed by atoms with Crippen LogP contribution >= 0.6 is 0 Å². The molecule has 0 bridgehead atoms. The van der Waals surface area contributed by atoms with Gasteiger partial charge >= 0.3 is 0 Å². The first-order chi connectivity index (χ1) is 21.5. The van der Waals surface area contributed by atoms with Gasteiger partial charge in [-0.05, 0) is 58.1 Å². The molecule has 264 valence electrons. The minimum Gasteiger partial charge on any atom is -1.00 e. The summed E-state index contributed by atoms with van der Waals surface area (Å²) in [6, 6.07) is 31.5. The molecule has 6 N–H and O–H groups in total. The normalized spacial score (nSPS) is 12.6. The number of nitrogens with one attached hydrogen (secondary N) is 2. The van der Waals surface area contributed by atoms with E-state index in [-0.39, 0.29) is 55.9 Å². The Balaban J connectivity index is 0.00000384. The van der Waals surface area contributed by atoms with Crippen molar-refractivity contribution in [3.63, 3.8) is 0 Å². The third-order valence-corrected chi connectivity index (χ3v) is 9.85. The number of rotatable bonds is 15. The molecule has 4 aromatic carbocycles. The van der Waals surface area contributed by atoms with Gasteiger partial charge < -0.3 is 28.6 Å². The van der Waals surface area contributed by atoms with Gasteiger partial charge in [0.05, 0.1) is 30.2 Å². The van der Waals surface area contributed by atoms with E-state index in [1.807, 2.05) is 60.7 Å². The third kappa shape index (κ3) is 11.6. The van der Waals surface area contributed by atoms with Gasteiger partial charge in [-0.3, -0.25) is 0 Å². The molecule has 0 radical (unpaired) electrons. The molecule has 0 saturated heterocycles. The van der Waals surface area contributed by atoms with Crippen molar-refractivity contribution in [2.75, 3.05) is 13.2 Å². The van der Waals surface area contributed by atoms with Crippen LogP contribution in [0.5, 0.6) is 0 Å². The van der Waals surface area contributed by atoms with Crippen molar-refractivity contribution in [3.8, 4) is 0 Å². The molecular formula is C39H54ClN3O3RuS. The van der Waals surface area contributed by atoms with Gasteiger partial charge in [0.25, 0.3) is 0 Å². The van der Waals surface area contributed by atoms with E-state index in [2.05, 4.69) is 94.9 Å². The van der Waals surface area contributed by atoms with Gasteiger partial charge in [0.15, 0.2) is 0 Å². The van der Waals surface area contributed by atoms with E-state index < -0.39 is 16.1 Å². The Hall–Kier alpha value is -2.42. The van der Waals surface area contributed by atoms with Crippen LogP contribution in [-0.4, -0.2) is 21.6 Å². The van der Waals surface area contributed by atoms with E-state index in [0.29, 0.717) is 30.6 Å². The Kier molecular flexibility index (Phi) is 18.4. The van der Waals surface area contributed by atoms with Crippen LogP contribution in [0.3, 0.4) is 0 Å². The molecule has 0 saturated carbocycles. The van der Waals surface area contributed by atoms with Crippen LogP contribution in [0.2, 0.25) is 0 Å². The number of sulfonamides is 1. The first-order valence-electron chi connectivity index (χ1n) is 16.1. The summed E-state index contributed by atoms with van der Waals surface area (Å²) in [5.41, 5.74) is 7.11. The van der Waals surface area contributed by atoms with Gasteiger partial charge in [-0.2, -0.15) is 0 Å². The van der Waals surface area contributed by atoms with E-state index in [0.717, 1.165) is 33.4 Å². The fourth-order valence-corrected chi connectivity index (χ4v) is 7.60. The van der Waals surface area contributed by atoms with E-state index in [4.69, 9.17) is 4.74 Å². The molecule has 6 nitrogen and oxygen atoms in total. The summed E-state index contributed by atoms with van der Waals surface area (Å²) in [4.78, 5) is 0.408.